The monoisotopic (exact) mass is 378 g/mol. The standard InChI is InChI=1S/C19H26N2O6/c1-13(25-16(22)14-8-6-5-7-9-14)26-18(24)21-11-10-15(12-21)20-17(23)27-19(2,3)4/h5-9,13,15H,10-12H2,1-4H3,(H,20,23)/t13?,15-/m0/s1. The number of hydrogen-bond donors (Lipinski definition) is 1. The summed E-state index contributed by atoms with van der Waals surface area (Å²) in [5, 5.41) is 2.73. The summed E-state index contributed by atoms with van der Waals surface area (Å²) >= 11 is 0. The number of ether oxygens (including phenoxy) is 3. The molecule has 1 heterocycles. The molecule has 0 aromatic heterocycles. The van der Waals surface area contributed by atoms with Crippen molar-refractivity contribution in [1.82, 2.24) is 10.2 Å². The first-order valence-corrected chi connectivity index (χ1v) is 8.85. The van der Waals surface area contributed by atoms with Crippen molar-refractivity contribution in [2.24, 2.45) is 0 Å². The third-order valence-electron chi connectivity index (χ3n) is 3.72. The summed E-state index contributed by atoms with van der Waals surface area (Å²) < 4.78 is 15.5. The van der Waals surface area contributed by atoms with E-state index in [-0.39, 0.29) is 6.04 Å². The number of likely N-dealkylation sites (tertiary alicyclic amines) is 1. The lowest BCUT2D eigenvalue weighted by molar-refractivity contribution is -0.0681. The number of benzene rings is 1. The lowest BCUT2D eigenvalue weighted by atomic mass is 10.2. The highest BCUT2D eigenvalue weighted by Gasteiger charge is 2.30. The molecule has 2 atom stereocenters. The van der Waals surface area contributed by atoms with Crippen LogP contribution in [0.1, 0.15) is 44.5 Å². The largest absolute Gasteiger partial charge is 0.444 e. The predicted molar refractivity (Wildman–Crippen MR) is 97.1 cm³/mol. The number of esters is 1. The number of hydrogen-bond acceptors (Lipinski definition) is 6. The maximum atomic E-state index is 12.2. The van der Waals surface area contributed by atoms with Crippen LogP contribution in [0.25, 0.3) is 0 Å². The van der Waals surface area contributed by atoms with Crippen molar-refractivity contribution >= 4 is 18.2 Å². The van der Waals surface area contributed by atoms with Crippen LogP contribution < -0.4 is 5.32 Å². The molecule has 1 fully saturated rings. The van der Waals surface area contributed by atoms with Crippen molar-refractivity contribution in [3.8, 4) is 0 Å². The zero-order valence-electron chi connectivity index (χ0n) is 16.1. The second-order valence-electron chi connectivity index (χ2n) is 7.30. The second kappa shape index (κ2) is 8.75. The van der Waals surface area contributed by atoms with Crippen LogP contribution in [0.15, 0.2) is 30.3 Å². The summed E-state index contributed by atoms with van der Waals surface area (Å²) in [6, 6.07) is 8.24. The maximum Gasteiger partial charge on any atom is 0.412 e. The average Bonchev–Trinajstić information content (AvgIpc) is 3.02. The fourth-order valence-electron chi connectivity index (χ4n) is 2.55. The van der Waals surface area contributed by atoms with Crippen LogP contribution in [0.3, 0.4) is 0 Å². The minimum absolute atomic E-state index is 0.213. The molecule has 0 spiro atoms. The highest BCUT2D eigenvalue weighted by Crippen LogP contribution is 2.14. The van der Waals surface area contributed by atoms with Gasteiger partial charge in [0.1, 0.15) is 5.60 Å². The SMILES string of the molecule is CC(OC(=O)c1ccccc1)OC(=O)N1CC[C@H](NC(=O)OC(C)(C)C)C1. The van der Waals surface area contributed by atoms with Gasteiger partial charge in [0.15, 0.2) is 0 Å². The van der Waals surface area contributed by atoms with Gasteiger partial charge in [0, 0.05) is 20.0 Å². The second-order valence-corrected chi connectivity index (χ2v) is 7.30. The number of nitrogens with one attached hydrogen (secondary N) is 1. The van der Waals surface area contributed by atoms with Gasteiger partial charge >= 0.3 is 18.2 Å². The summed E-state index contributed by atoms with van der Waals surface area (Å²) in [4.78, 5) is 37.4. The first-order valence-electron chi connectivity index (χ1n) is 8.85. The quantitative estimate of drug-likeness (QED) is 0.639. The van der Waals surface area contributed by atoms with Crippen molar-refractivity contribution in [1.29, 1.82) is 0 Å². The van der Waals surface area contributed by atoms with Crippen molar-refractivity contribution < 1.29 is 28.6 Å². The van der Waals surface area contributed by atoms with E-state index in [2.05, 4.69) is 5.32 Å². The van der Waals surface area contributed by atoms with Crippen molar-refractivity contribution in [2.45, 2.75) is 52.0 Å². The van der Waals surface area contributed by atoms with Gasteiger partial charge in [0.2, 0.25) is 6.29 Å². The lowest BCUT2D eigenvalue weighted by Crippen LogP contribution is -2.41. The van der Waals surface area contributed by atoms with E-state index in [1.165, 1.54) is 11.8 Å². The molecule has 0 radical (unpaired) electrons. The smallest absolute Gasteiger partial charge is 0.412 e. The Balaban J connectivity index is 1.76. The first-order chi connectivity index (χ1) is 12.6. The van der Waals surface area contributed by atoms with Gasteiger partial charge in [-0.05, 0) is 39.3 Å². The highest BCUT2D eigenvalue weighted by atomic mass is 16.7. The van der Waals surface area contributed by atoms with Gasteiger partial charge in [0.25, 0.3) is 0 Å². The van der Waals surface area contributed by atoms with Crippen LogP contribution in [0, 0.1) is 0 Å². The molecule has 1 saturated heterocycles. The zero-order valence-corrected chi connectivity index (χ0v) is 16.1. The van der Waals surface area contributed by atoms with Gasteiger partial charge in [0.05, 0.1) is 11.6 Å². The number of carbonyl (C=O) groups excluding carboxylic acids is 3. The molecule has 8 heteroatoms. The highest BCUT2D eigenvalue weighted by molar-refractivity contribution is 5.89. The fraction of sp³-hybridized carbons (Fsp3) is 0.526. The summed E-state index contributed by atoms with van der Waals surface area (Å²) in [6.07, 6.45) is -1.56. The molecule has 148 valence electrons. The van der Waals surface area contributed by atoms with Crippen LogP contribution in [0.4, 0.5) is 9.59 Å². The van der Waals surface area contributed by atoms with Gasteiger partial charge in [-0.1, -0.05) is 18.2 Å². The van der Waals surface area contributed by atoms with Crippen molar-refractivity contribution in [3.63, 3.8) is 0 Å². The molecule has 1 aliphatic rings. The predicted octanol–water partition coefficient (Wildman–Crippen LogP) is 2.93. The molecule has 1 aromatic rings. The maximum absolute atomic E-state index is 12.2. The molecule has 8 nitrogen and oxygen atoms in total. The van der Waals surface area contributed by atoms with E-state index in [1.807, 2.05) is 0 Å². The van der Waals surface area contributed by atoms with Gasteiger partial charge in [-0.2, -0.15) is 0 Å². The number of carbonyl (C=O) groups is 3. The van der Waals surface area contributed by atoms with Crippen molar-refractivity contribution in [3.05, 3.63) is 35.9 Å². The number of rotatable bonds is 4. The topological polar surface area (TPSA) is 94.2 Å². The third-order valence-corrected chi connectivity index (χ3v) is 3.72. The minimum Gasteiger partial charge on any atom is -0.444 e. The van der Waals surface area contributed by atoms with Crippen LogP contribution >= 0.6 is 0 Å². The van der Waals surface area contributed by atoms with Crippen molar-refractivity contribution in [2.75, 3.05) is 13.1 Å². The normalized spacial score (nSPS) is 17.8. The Labute approximate surface area is 158 Å². The molecule has 2 amide bonds. The summed E-state index contributed by atoms with van der Waals surface area (Å²) in [7, 11) is 0. The van der Waals surface area contributed by atoms with Gasteiger partial charge in [-0.15, -0.1) is 0 Å². The molecule has 0 bridgehead atoms. The summed E-state index contributed by atoms with van der Waals surface area (Å²) in [5.74, 6) is -0.568. The fourth-order valence-corrected chi connectivity index (χ4v) is 2.55. The van der Waals surface area contributed by atoms with E-state index in [1.54, 1.807) is 51.1 Å². The van der Waals surface area contributed by atoms with E-state index < -0.39 is 30.0 Å². The summed E-state index contributed by atoms with van der Waals surface area (Å²) in [6.45, 7) is 7.55. The molecule has 0 aliphatic carbocycles. The van der Waals surface area contributed by atoms with Crippen LogP contribution in [-0.2, 0) is 14.2 Å². The van der Waals surface area contributed by atoms with Crippen LogP contribution in [0.2, 0.25) is 0 Å². The number of nitrogens with zero attached hydrogens (tertiary/aromatic N) is 1. The molecular formula is C19H26N2O6. The Morgan fingerprint density at radius 2 is 1.81 bits per heavy atom. The first kappa shape index (κ1) is 20.5. The number of alkyl carbamates (subject to hydrolysis) is 1. The Morgan fingerprint density at radius 1 is 1.15 bits per heavy atom. The molecule has 1 N–H and O–H groups in total. The van der Waals surface area contributed by atoms with E-state index in [4.69, 9.17) is 14.2 Å². The van der Waals surface area contributed by atoms with Gasteiger partial charge in [-0.3, -0.25) is 0 Å². The lowest BCUT2D eigenvalue weighted by Gasteiger charge is -2.22. The summed E-state index contributed by atoms with van der Waals surface area (Å²) in [5.41, 5.74) is -0.206. The van der Waals surface area contributed by atoms with E-state index in [0.29, 0.717) is 25.1 Å². The Hall–Kier alpha value is -2.77. The van der Waals surface area contributed by atoms with Crippen LogP contribution in [0.5, 0.6) is 0 Å². The molecule has 27 heavy (non-hydrogen) atoms. The third kappa shape index (κ3) is 6.80. The van der Waals surface area contributed by atoms with Gasteiger partial charge < -0.3 is 24.4 Å². The Kier molecular flexibility index (Phi) is 6.65. The number of amides is 2. The molecule has 1 unspecified atom stereocenters. The minimum atomic E-state index is -1.02. The Bertz CT molecular complexity index is 671. The molecule has 2 rings (SSSR count). The van der Waals surface area contributed by atoms with E-state index in [0.717, 1.165) is 0 Å². The van der Waals surface area contributed by atoms with Crippen LogP contribution in [-0.4, -0.2) is 54.1 Å². The molecule has 1 aliphatic heterocycles. The zero-order chi connectivity index (χ0) is 20.0. The Morgan fingerprint density at radius 3 is 2.44 bits per heavy atom. The van der Waals surface area contributed by atoms with Gasteiger partial charge in [-0.25, -0.2) is 14.4 Å². The molecular weight excluding hydrogens is 352 g/mol. The van der Waals surface area contributed by atoms with E-state index in [9.17, 15) is 14.4 Å². The molecule has 1 aromatic carbocycles. The van der Waals surface area contributed by atoms with E-state index >= 15 is 0 Å². The average molecular weight is 378 g/mol. The molecule has 0 saturated carbocycles.